The monoisotopic (exact) mass is 297 g/mol. The molecule has 3 rings (SSSR count). The van der Waals surface area contributed by atoms with Crippen LogP contribution in [0.5, 0.6) is 0 Å². The lowest BCUT2D eigenvalue weighted by Gasteiger charge is -2.30. The molecule has 22 heavy (non-hydrogen) atoms. The van der Waals surface area contributed by atoms with E-state index >= 15 is 0 Å². The number of rotatable bonds is 5. The van der Waals surface area contributed by atoms with Crippen molar-refractivity contribution < 1.29 is 4.79 Å². The highest BCUT2D eigenvalue weighted by Gasteiger charge is 2.30. The summed E-state index contributed by atoms with van der Waals surface area (Å²) in [6.45, 7) is 4.73. The van der Waals surface area contributed by atoms with E-state index in [9.17, 15) is 4.79 Å². The average Bonchev–Trinajstić information content (AvgIpc) is 2.98. The van der Waals surface area contributed by atoms with Crippen LogP contribution in [-0.2, 0) is 6.54 Å². The minimum atomic E-state index is 0.0254. The van der Waals surface area contributed by atoms with Gasteiger partial charge in [0.05, 0.1) is 0 Å². The Morgan fingerprint density at radius 1 is 1.32 bits per heavy atom. The summed E-state index contributed by atoms with van der Waals surface area (Å²) in [6.07, 6.45) is 5.91. The van der Waals surface area contributed by atoms with Crippen molar-refractivity contribution in [1.82, 2.24) is 14.9 Å². The quantitative estimate of drug-likeness (QED) is 0.863. The smallest absolute Gasteiger partial charge is 0.168 e. The Balaban J connectivity index is 1.85. The van der Waals surface area contributed by atoms with Crippen LogP contribution in [0.15, 0.2) is 42.7 Å². The summed E-state index contributed by atoms with van der Waals surface area (Å²) in [4.78, 5) is 17.3. The average molecular weight is 297 g/mol. The van der Waals surface area contributed by atoms with Crippen molar-refractivity contribution in [2.45, 2.75) is 26.3 Å². The van der Waals surface area contributed by atoms with Gasteiger partial charge >= 0.3 is 0 Å². The number of nitrogens with zero attached hydrogens (tertiary/aromatic N) is 2. The molecule has 1 aliphatic rings. The number of benzene rings is 1. The van der Waals surface area contributed by atoms with Crippen molar-refractivity contribution >= 4 is 5.78 Å². The zero-order chi connectivity index (χ0) is 15.4. The SMILES string of the molecule is Cc1nccn1CC(C(=O)c1ccccc1)C1CCNCC1. The van der Waals surface area contributed by atoms with Gasteiger partial charge in [-0.05, 0) is 38.8 Å². The molecular formula is C18H23N3O. The van der Waals surface area contributed by atoms with Crippen LogP contribution in [0.2, 0.25) is 0 Å². The molecule has 2 aromatic rings. The van der Waals surface area contributed by atoms with Crippen LogP contribution in [0.1, 0.15) is 29.0 Å². The van der Waals surface area contributed by atoms with Gasteiger partial charge in [-0.3, -0.25) is 4.79 Å². The van der Waals surface area contributed by atoms with Crippen LogP contribution in [0, 0.1) is 18.8 Å². The summed E-state index contributed by atoms with van der Waals surface area (Å²) in [6, 6.07) is 9.69. The third kappa shape index (κ3) is 3.28. The maximum atomic E-state index is 13.0. The number of ketones is 1. The second-order valence-electron chi connectivity index (χ2n) is 6.05. The Morgan fingerprint density at radius 2 is 2.05 bits per heavy atom. The molecule has 1 N–H and O–H groups in total. The van der Waals surface area contributed by atoms with Gasteiger partial charge in [0, 0.05) is 30.4 Å². The van der Waals surface area contributed by atoms with Gasteiger partial charge in [0.1, 0.15) is 5.82 Å². The van der Waals surface area contributed by atoms with Crippen LogP contribution in [0.3, 0.4) is 0 Å². The summed E-state index contributed by atoms with van der Waals surface area (Å²) in [5.41, 5.74) is 0.823. The van der Waals surface area contributed by atoms with Gasteiger partial charge < -0.3 is 9.88 Å². The molecule has 0 spiro atoms. The molecule has 0 radical (unpaired) electrons. The number of Topliss-reactive ketones (excluding diaryl/α,β-unsaturated/α-hetero) is 1. The van der Waals surface area contributed by atoms with Gasteiger partial charge in [0.15, 0.2) is 5.78 Å². The van der Waals surface area contributed by atoms with E-state index < -0.39 is 0 Å². The summed E-state index contributed by atoms with van der Waals surface area (Å²) < 4.78 is 2.10. The topological polar surface area (TPSA) is 46.9 Å². The fourth-order valence-corrected chi connectivity index (χ4v) is 3.32. The van der Waals surface area contributed by atoms with Crippen LogP contribution in [-0.4, -0.2) is 28.4 Å². The Labute approximate surface area is 131 Å². The Morgan fingerprint density at radius 3 is 2.68 bits per heavy atom. The van der Waals surface area contributed by atoms with Crippen molar-refractivity contribution in [3.8, 4) is 0 Å². The Kier molecular flexibility index (Phi) is 4.68. The predicted molar refractivity (Wildman–Crippen MR) is 86.8 cm³/mol. The molecule has 4 nitrogen and oxygen atoms in total. The van der Waals surface area contributed by atoms with Gasteiger partial charge in [-0.15, -0.1) is 0 Å². The van der Waals surface area contributed by atoms with Gasteiger partial charge in [-0.1, -0.05) is 30.3 Å². The number of aromatic nitrogens is 2. The highest BCUT2D eigenvalue weighted by molar-refractivity contribution is 5.98. The molecule has 0 amide bonds. The fraction of sp³-hybridized carbons (Fsp3) is 0.444. The summed E-state index contributed by atoms with van der Waals surface area (Å²) in [7, 11) is 0. The molecule has 1 aliphatic heterocycles. The van der Waals surface area contributed by atoms with E-state index in [1.165, 1.54) is 0 Å². The lowest BCUT2D eigenvalue weighted by Crippen LogP contribution is -2.36. The third-order valence-electron chi connectivity index (χ3n) is 4.66. The molecule has 1 fully saturated rings. The molecule has 116 valence electrons. The number of piperidine rings is 1. The first kappa shape index (κ1) is 15.0. The van der Waals surface area contributed by atoms with E-state index in [4.69, 9.17) is 0 Å². The van der Waals surface area contributed by atoms with Crippen molar-refractivity contribution in [2.24, 2.45) is 11.8 Å². The first-order valence-electron chi connectivity index (χ1n) is 8.03. The van der Waals surface area contributed by atoms with Crippen molar-refractivity contribution in [1.29, 1.82) is 0 Å². The van der Waals surface area contributed by atoms with E-state index in [-0.39, 0.29) is 11.7 Å². The van der Waals surface area contributed by atoms with E-state index in [0.29, 0.717) is 5.92 Å². The van der Waals surface area contributed by atoms with Crippen LogP contribution >= 0.6 is 0 Å². The first-order valence-corrected chi connectivity index (χ1v) is 8.03. The highest BCUT2D eigenvalue weighted by Crippen LogP contribution is 2.27. The van der Waals surface area contributed by atoms with Gasteiger partial charge in [0.25, 0.3) is 0 Å². The fourth-order valence-electron chi connectivity index (χ4n) is 3.32. The van der Waals surface area contributed by atoms with E-state index in [1.807, 2.05) is 49.6 Å². The standard InChI is InChI=1S/C18H23N3O/c1-14-20-11-12-21(14)13-17(15-7-9-19-10-8-15)18(22)16-5-3-2-4-6-16/h2-6,11-12,15,17,19H,7-10,13H2,1H3. The Hall–Kier alpha value is -1.94. The van der Waals surface area contributed by atoms with E-state index in [0.717, 1.165) is 43.9 Å². The highest BCUT2D eigenvalue weighted by atomic mass is 16.1. The van der Waals surface area contributed by atoms with Crippen molar-refractivity contribution in [3.63, 3.8) is 0 Å². The molecule has 1 saturated heterocycles. The molecule has 0 bridgehead atoms. The second kappa shape index (κ2) is 6.88. The lowest BCUT2D eigenvalue weighted by molar-refractivity contribution is 0.0828. The minimum absolute atomic E-state index is 0.0254. The second-order valence-corrected chi connectivity index (χ2v) is 6.05. The zero-order valence-electron chi connectivity index (χ0n) is 13.0. The summed E-state index contributed by atoms with van der Waals surface area (Å²) in [5.74, 6) is 1.70. The predicted octanol–water partition coefficient (Wildman–Crippen LogP) is 2.69. The number of hydrogen-bond donors (Lipinski definition) is 1. The lowest BCUT2D eigenvalue weighted by atomic mass is 9.80. The molecular weight excluding hydrogens is 274 g/mol. The molecule has 1 unspecified atom stereocenters. The maximum absolute atomic E-state index is 13.0. The minimum Gasteiger partial charge on any atom is -0.334 e. The van der Waals surface area contributed by atoms with Crippen LogP contribution in [0.25, 0.3) is 0 Å². The number of aryl methyl sites for hydroxylation is 1. The molecule has 0 aliphatic carbocycles. The molecule has 1 atom stereocenters. The summed E-state index contributed by atoms with van der Waals surface area (Å²) >= 11 is 0. The van der Waals surface area contributed by atoms with E-state index in [2.05, 4.69) is 14.9 Å². The van der Waals surface area contributed by atoms with Crippen LogP contribution in [0.4, 0.5) is 0 Å². The molecule has 2 heterocycles. The van der Waals surface area contributed by atoms with Crippen LogP contribution < -0.4 is 5.32 Å². The number of nitrogens with one attached hydrogen (secondary N) is 1. The van der Waals surface area contributed by atoms with Crippen molar-refractivity contribution in [3.05, 3.63) is 54.1 Å². The largest absolute Gasteiger partial charge is 0.334 e. The van der Waals surface area contributed by atoms with Gasteiger partial charge in [-0.25, -0.2) is 4.98 Å². The first-order chi connectivity index (χ1) is 10.8. The molecule has 1 aromatic heterocycles. The maximum Gasteiger partial charge on any atom is 0.168 e. The van der Waals surface area contributed by atoms with Gasteiger partial charge in [0.2, 0.25) is 0 Å². The number of imidazole rings is 1. The van der Waals surface area contributed by atoms with Gasteiger partial charge in [-0.2, -0.15) is 0 Å². The number of carbonyl (C=O) groups is 1. The molecule has 4 heteroatoms. The molecule has 1 aromatic carbocycles. The van der Waals surface area contributed by atoms with E-state index in [1.54, 1.807) is 0 Å². The number of carbonyl (C=O) groups excluding carboxylic acids is 1. The zero-order valence-corrected chi connectivity index (χ0v) is 13.0. The Bertz CT molecular complexity index is 614. The third-order valence-corrected chi connectivity index (χ3v) is 4.66. The van der Waals surface area contributed by atoms with Crippen molar-refractivity contribution in [2.75, 3.05) is 13.1 Å². The number of hydrogen-bond acceptors (Lipinski definition) is 3. The normalized spacial score (nSPS) is 17.3. The molecule has 0 saturated carbocycles. The summed E-state index contributed by atoms with van der Waals surface area (Å²) in [5, 5.41) is 3.39.